The number of benzene rings is 1. The standard InChI is InChI=1S/C6H3Cl2.Pb/c7-5-3-1-2-4-6(5)8;/h1,3-4H;. The van der Waals surface area contributed by atoms with Gasteiger partial charge in [0.25, 0.3) is 0 Å². The molecule has 1 aromatic carbocycles. The van der Waals surface area contributed by atoms with Gasteiger partial charge in [-0.1, -0.05) is 0 Å². The summed E-state index contributed by atoms with van der Waals surface area (Å²) in [6.45, 7) is 0. The maximum atomic E-state index is 5.70. The molecule has 0 atom stereocenters. The van der Waals surface area contributed by atoms with Gasteiger partial charge in [0.1, 0.15) is 0 Å². The zero-order valence-corrected chi connectivity index (χ0v) is 9.89. The van der Waals surface area contributed by atoms with Crippen molar-refractivity contribution in [1.29, 1.82) is 0 Å². The van der Waals surface area contributed by atoms with E-state index in [0.717, 1.165) is 25.8 Å². The Kier molecular flexibility index (Phi) is 2.79. The molecule has 0 fully saturated rings. The maximum absolute atomic E-state index is 5.70. The summed E-state index contributed by atoms with van der Waals surface area (Å²) in [6.07, 6.45) is 0. The monoisotopic (exact) mass is 353 g/mol. The molecule has 0 aliphatic rings. The Balaban J connectivity index is 3.17. The number of hydrogen-bond acceptors (Lipinski definition) is 0. The van der Waals surface area contributed by atoms with E-state index in [9.17, 15) is 0 Å². The van der Waals surface area contributed by atoms with Crippen LogP contribution >= 0.6 is 23.2 Å². The second kappa shape index (κ2) is 3.21. The van der Waals surface area contributed by atoms with Gasteiger partial charge in [-0.25, -0.2) is 0 Å². The summed E-state index contributed by atoms with van der Waals surface area (Å²) in [5.74, 6) is 0. The Hall–Kier alpha value is 0.722. The van der Waals surface area contributed by atoms with E-state index in [4.69, 9.17) is 23.2 Å². The van der Waals surface area contributed by atoms with E-state index in [0.29, 0.717) is 10.0 Å². The summed E-state index contributed by atoms with van der Waals surface area (Å²) in [7, 11) is 0. The fraction of sp³-hybridized carbons (Fsp3) is 0. The normalized spacial score (nSPS) is 9.67. The summed E-state index contributed by atoms with van der Waals surface area (Å²) < 4.78 is 1.27. The molecule has 0 aromatic heterocycles. The van der Waals surface area contributed by atoms with Gasteiger partial charge < -0.3 is 0 Å². The molecule has 0 amide bonds. The van der Waals surface area contributed by atoms with Gasteiger partial charge in [0.15, 0.2) is 0 Å². The molecule has 3 radical (unpaired) electrons. The van der Waals surface area contributed by atoms with Gasteiger partial charge >= 0.3 is 80.3 Å². The summed E-state index contributed by atoms with van der Waals surface area (Å²) in [5.41, 5.74) is 0. The molecule has 0 aliphatic carbocycles. The van der Waals surface area contributed by atoms with Crippen molar-refractivity contribution in [2.45, 2.75) is 0 Å². The SMILES string of the molecule is Clc1cc[c]([Pb])cc1Cl. The van der Waals surface area contributed by atoms with Crippen LogP contribution in [0, 0.1) is 0 Å². The first-order chi connectivity index (χ1) is 4.20. The molecule has 0 heterocycles. The molecule has 0 saturated carbocycles. The third kappa shape index (κ3) is 2.09. The van der Waals surface area contributed by atoms with Crippen molar-refractivity contribution in [2.24, 2.45) is 0 Å². The minimum absolute atomic E-state index is 0.635. The van der Waals surface area contributed by atoms with Gasteiger partial charge in [-0.15, -0.1) is 0 Å². The fourth-order valence-corrected chi connectivity index (χ4v) is 2.03. The van der Waals surface area contributed by atoms with E-state index in [1.807, 2.05) is 18.2 Å². The Bertz CT molecular complexity index is 222. The average molecular weight is 353 g/mol. The molecule has 45 valence electrons. The zero-order chi connectivity index (χ0) is 6.85. The zero-order valence-electron chi connectivity index (χ0n) is 4.49. The van der Waals surface area contributed by atoms with Crippen LogP contribution in [-0.4, -0.2) is 25.8 Å². The first kappa shape index (κ1) is 7.82. The van der Waals surface area contributed by atoms with Crippen LogP contribution in [0.1, 0.15) is 0 Å². The molecule has 0 saturated heterocycles. The molecule has 0 N–H and O–H groups in total. The van der Waals surface area contributed by atoms with Crippen molar-refractivity contribution in [3.05, 3.63) is 28.2 Å². The number of rotatable bonds is 0. The van der Waals surface area contributed by atoms with Gasteiger partial charge in [-0.05, 0) is 0 Å². The second-order valence-corrected chi connectivity index (χ2v) is 4.69. The van der Waals surface area contributed by atoms with Crippen LogP contribution in [-0.2, 0) is 0 Å². The van der Waals surface area contributed by atoms with Crippen LogP contribution < -0.4 is 3.12 Å². The Morgan fingerprint density at radius 1 is 1.11 bits per heavy atom. The van der Waals surface area contributed by atoms with Crippen LogP contribution in [0.25, 0.3) is 0 Å². The Morgan fingerprint density at radius 3 is 2.22 bits per heavy atom. The summed E-state index contributed by atoms with van der Waals surface area (Å²) in [5, 5.41) is 1.29. The van der Waals surface area contributed by atoms with E-state index in [-0.39, 0.29) is 0 Å². The quantitative estimate of drug-likeness (QED) is 0.624. The average Bonchev–Trinajstić information content (AvgIpc) is 1.80. The molecular formula is C6H3Cl2Pb. The van der Waals surface area contributed by atoms with Gasteiger partial charge in [0.2, 0.25) is 0 Å². The van der Waals surface area contributed by atoms with Crippen molar-refractivity contribution in [3.63, 3.8) is 0 Å². The van der Waals surface area contributed by atoms with E-state index in [1.165, 1.54) is 3.12 Å². The molecule has 1 aromatic rings. The topological polar surface area (TPSA) is 0 Å². The van der Waals surface area contributed by atoms with E-state index < -0.39 is 0 Å². The third-order valence-corrected chi connectivity index (χ3v) is 2.87. The predicted octanol–water partition coefficient (Wildman–Crippen LogP) is 1.79. The molecule has 3 heteroatoms. The Morgan fingerprint density at radius 2 is 1.78 bits per heavy atom. The number of halogens is 2. The molecule has 0 nitrogen and oxygen atoms in total. The molecule has 0 aliphatic heterocycles. The van der Waals surface area contributed by atoms with Crippen molar-refractivity contribution < 1.29 is 0 Å². The first-order valence-corrected chi connectivity index (χ1v) is 5.07. The van der Waals surface area contributed by atoms with Gasteiger partial charge in [0, 0.05) is 0 Å². The molecule has 9 heavy (non-hydrogen) atoms. The van der Waals surface area contributed by atoms with Crippen molar-refractivity contribution in [2.75, 3.05) is 0 Å². The molecule has 0 unspecified atom stereocenters. The van der Waals surface area contributed by atoms with Crippen LogP contribution in [0.5, 0.6) is 0 Å². The summed E-state index contributed by atoms with van der Waals surface area (Å²) in [4.78, 5) is 0. The summed E-state index contributed by atoms with van der Waals surface area (Å²) >= 11 is 12.4. The van der Waals surface area contributed by atoms with Gasteiger partial charge in [0.05, 0.1) is 0 Å². The van der Waals surface area contributed by atoms with Crippen LogP contribution in [0.4, 0.5) is 0 Å². The molecule has 0 bridgehead atoms. The van der Waals surface area contributed by atoms with Crippen LogP contribution in [0.3, 0.4) is 0 Å². The predicted molar refractivity (Wildman–Crippen MR) is 41.9 cm³/mol. The van der Waals surface area contributed by atoms with Crippen LogP contribution in [0.2, 0.25) is 10.0 Å². The van der Waals surface area contributed by atoms with Gasteiger partial charge in [-0.3, -0.25) is 0 Å². The van der Waals surface area contributed by atoms with E-state index in [2.05, 4.69) is 0 Å². The van der Waals surface area contributed by atoms with E-state index >= 15 is 0 Å². The van der Waals surface area contributed by atoms with Crippen molar-refractivity contribution in [1.82, 2.24) is 0 Å². The second-order valence-electron chi connectivity index (χ2n) is 1.63. The fourth-order valence-electron chi connectivity index (χ4n) is 0.496. The minimum atomic E-state index is 0.635. The Labute approximate surface area is 79.8 Å². The van der Waals surface area contributed by atoms with Crippen molar-refractivity contribution in [3.8, 4) is 0 Å². The molecule has 0 spiro atoms. The number of hydrogen-bond donors (Lipinski definition) is 0. The van der Waals surface area contributed by atoms with E-state index in [1.54, 1.807) is 0 Å². The summed E-state index contributed by atoms with van der Waals surface area (Å²) in [6, 6.07) is 5.71. The molecule has 1 rings (SSSR count). The van der Waals surface area contributed by atoms with Crippen molar-refractivity contribution >= 4 is 52.1 Å². The third-order valence-electron chi connectivity index (χ3n) is 0.920. The van der Waals surface area contributed by atoms with Gasteiger partial charge in [-0.2, -0.15) is 0 Å². The molecular weight excluding hydrogens is 350 g/mol. The first-order valence-electron chi connectivity index (χ1n) is 2.37. The van der Waals surface area contributed by atoms with Crippen LogP contribution in [0.15, 0.2) is 18.2 Å².